The molecule has 1 fully saturated rings. The number of halogens is 1. The molecule has 3 heterocycles. The first kappa shape index (κ1) is 17.1. The maximum absolute atomic E-state index is 12.7. The Morgan fingerprint density at radius 1 is 1.40 bits per heavy atom. The summed E-state index contributed by atoms with van der Waals surface area (Å²) in [6.45, 7) is 2.93. The molecule has 2 aliphatic heterocycles. The highest BCUT2D eigenvalue weighted by Gasteiger charge is 2.44. The molecule has 2 aromatic rings. The molecule has 25 heavy (non-hydrogen) atoms. The van der Waals surface area contributed by atoms with E-state index in [4.69, 9.17) is 4.74 Å². The number of carbonyl (C=O) groups excluding carboxylic acids is 1. The number of Topliss-reactive ketones (excluding diaryl/α,β-unsaturated/α-hetero) is 1. The zero-order chi connectivity index (χ0) is 17.7. The molecule has 1 saturated heterocycles. The van der Waals surface area contributed by atoms with Gasteiger partial charge in [-0.3, -0.25) is 9.69 Å². The average molecular weight is 450 g/mol. The molecule has 2 bridgehead atoms. The van der Waals surface area contributed by atoms with Gasteiger partial charge < -0.3 is 9.30 Å². The second-order valence-corrected chi connectivity index (χ2v) is 8.34. The van der Waals surface area contributed by atoms with Crippen LogP contribution in [0.4, 0.5) is 0 Å². The number of ether oxygens (including phenoxy) is 1. The first-order chi connectivity index (χ1) is 12.0. The second-order valence-electron chi connectivity index (χ2n) is 6.95. The van der Waals surface area contributed by atoms with Gasteiger partial charge in [0.25, 0.3) is 0 Å². The van der Waals surface area contributed by atoms with Crippen LogP contribution in [0, 0.1) is 0 Å². The Balaban J connectivity index is 1.89. The van der Waals surface area contributed by atoms with Crippen LogP contribution >= 0.6 is 22.6 Å². The van der Waals surface area contributed by atoms with E-state index >= 15 is 0 Å². The lowest BCUT2D eigenvalue weighted by Gasteiger charge is -2.45. The van der Waals surface area contributed by atoms with Gasteiger partial charge in [0, 0.05) is 40.2 Å². The molecule has 0 N–H and O–H groups in total. The molecule has 1 aromatic heterocycles. The van der Waals surface area contributed by atoms with Crippen molar-refractivity contribution < 1.29 is 9.53 Å². The highest BCUT2D eigenvalue weighted by Crippen LogP contribution is 2.45. The van der Waals surface area contributed by atoms with Crippen molar-refractivity contribution in [3.05, 3.63) is 39.1 Å². The van der Waals surface area contributed by atoms with Crippen LogP contribution in [0.5, 0.6) is 5.75 Å². The topological polar surface area (TPSA) is 34.5 Å². The fourth-order valence-electron chi connectivity index (χ4n) is 4.50. The number of allylic oxidation sites excluding steroid dienone is 1. The van der Waals surface area contributed by atoms with Crippen molar-refractivity contribution in [3.63, 3.8) is 0 Å². The molecule has 2 atom stereocenters. The minimum absolute atomic E-state index is 0.00719. The fraction of sp³-hybridized carbons (Fsp3) is 0.450. The van der Waals surface area contributed by atoms with Gasteiger partial charge in [0.2, 0.25) is 0 Å². The summed E-state index contributed by atoms with van der Waals surface area (Å²) in [5.74, 6) is 1.27. The third-order valence-electron chi connectivity index (χ3n) is 5.76. The first-order valence-electron chi connectivity index (χ1n) is 8.79. The lowest BCUT2D eigenvalue weighted by Crippen LogP contribution is -2.52. The summed E-state index contributed by atoms with van der Waals surface area (Å²) in [4.78, 5) is 15.1. The molecule has 0 radical (unpaired) electrons. The molecule has 0 amide bonds. The molecule has 2 aliphatic rings. The van der Waals surface area contributed by atoms with Crippen molar-refractivity contribution in [1.82, 2.24) is 9.47 Å². The summed E-state index contributed by atoms with van der Waals surface area (Å²) in [6, 6.07) is 6.61. The van der Waals surface area contributed by atoms with Crippen LogP contribution in [-0.2, 0) is 18.3 Å². The zero-order valence-corrected chi connectivity index (χ0v) is 17.0. The summed E-state index contributed by atoms with van der Waals surface area (Å²) in [7, 11) is 3.86. The van der Waals surface area contributed by atoms with Crippen molar-refractivity contribution >= 4 is 39.3 Å². The van der Waals surface area contributed by atoms with E-state index < -0.39 is 0 Å². The van der Waals surface area contributed by atoms with Crippen LogP contribution in [0.25, 0.3) is 10.9 Å². The maximum Gasteiger partial charge on any atom is 0.150 e. The van der Waals surface area contributed by atoms with E-state index in [0.717, 1.165) is 25.1 Å². The van der Waals surface area contributed by atoms with Crippen molar-refractivity contribution in [3.8, 4) is 5.75 Å². The monoisotopic (exact) mass is 450 g/mol. The van der Waals surface area contributed by atoms with Crippen molar-refractivity contribution in [2.75, 3.05) is 13.7 Å². The van der Waals surface area contributed by atoms with Gasteiger partial charge in [0.1, 0.15) is 11.5 Å². The number of hydrogen-bond acceptors (Lipinski definition) is 3. The summed E-state index contributed by atoms with van der Waals surface area (Å²) in [6.07, 6.45) is 4.56. The van der Waals surface area contributed by atoms with Crippen molar-refractivity contribution in [1.29, 1.82) is 0 Å². The van der Waals surface area contributed by atoms with Crippen LogP contribution in [-0.4, -0.2) is 34.9 Å². The Morgan fingerprint density at radius 3 is 2.92 bits per heavy atom. The minimum atomic E-state index is 0.00719. The maximum atomic E-state index is 12.7. The summed E-state index contributed by atoms with van der Waals surface area (Å²) < 4.78 is 9.06. The summed E-state index contributed by atoms with van der Waals surface area (Å²) in [5.41, 5.74) is 3.95. The highest BCUT2D eigenvalue weighted by molar-refractivity contribution is 14.1. The number of aromatic nitrogens is 1. The Bertz CT molecular complexity index is 883. The number of methoxy groups -OCH3 is 1. The predicted molar refractivity (Wildman–Crippen MR) is 108 cm³/mol. The summed E-state index contributed by atoms with van der Waals surface area (Å²) >= 11 is 2.39. The molecular formula is C20H23IN2O2. The van der Waals surface area contributed by atoms with Gasteiger partial charge in [-0.15, -0.1) is 0 Å². The Kier molecular flexibility index (Phi) is 4.40. The Labute approximate surface area is 162 Å². The SMILES string of the molecule is C/C=C(\I)CN1[C@H]2Cc3c(n(C)c4ccc(OC)cc34)[C@@H]1CCC2=O. The number of ketones is 1. The van der Waals surface area contributed by atoms with E-state index in [2.05, 4.69) is 64.2 Å². The first-order valence-corrected chi connectivity index (χ1v) is 9.87. The number of benzene rings is 1. The smallest absolute Gasteiger partial charge is 0.150 e. The van der Waals surface area contributed by atoms with Crippen LogP contribution in [0.2, 0.25) is 0 Å². The van der Waals surface area contributed by atoms with Gasteiger partial charge in [-0.1, -0.05) is 6.08 Å². The van der Waals surface area contributed by atoms with Crippen molar-refractivity contribution in [2.24, 2.45) is 7.05 Å². The third kappa shape index (κ3) is 2.63. The van der Waals surface area contributed by atoms with Crippen LogP contribution in [0.1, 0.15) is 37.1 Å². The second kappa shape index (κ2) is 6.43. The number of hydrogen-bond donors (Lipinski definition) is 0. The summed E-state index contributed by atoms with van der Waals surface area (Å²) in [5, 5.41) is 1.24. The number of nitrogens with zero attached hydrogens (tertiary/aromatic N) is 2. The van der Waals surface area contributed by atoms with Gasteiger partial charge >= 0.3 is 0 Å². The molecule has 4 nitrogen and oxygen atoms in total. The molecule has 4 rings (SSSR count). The molecule has 132 valence electrons. The zero-order valence-electron chi connectivity index (χ0n) is 14.9. The standard InChI is InChI=1S/C20H23IN2O2/c1-4-12(21)11-23-17-7-8-19(24)18(23)10-15-14-9-13(25-3)5-6-16(14)22(2)20(15)17/h4-6,9,17-18H,7-8,10-11H2,1-3H3/b12-4-/t17-,18-/m0/s1. The van der Waals surface area contributed by atoms with Gasteiger partial charge in [-0.25, -0.2) is 0 Å². The lowest BCUT2D eigenvalue weighted by atomic mass is 9.81. The largest absolute Gasteiger partial charge is 0.497 e. The Hall–Kier alpha value is -1.34. The normalized spacial score (nSPS) is 23.8. The van der Waals surface area contributed by atoms with Crippen molar-refractivity contribution in [2.45, 2.75) is 38.3 Å². The van der Waals surface area contributed by atoms with Gasteiger partial charge in [0.05, 0.1) is 19.2 Å². The van der Waals surface area contributed by atoms with E-state index in [9.17, 15) is 4.79 Å². The van der Waals surface area contributed by atoms with Gasteiger partial charge in [0.15, 0.2) is 0 Å². The average Bonchev–Trinajstić information content (AvgIpc) is 2.89. The van der Waals surface area contributed by atoms with E-state index in [1.165, 1.54) is 25.7 Å². The van der Waals surface area contributed by atoms with E-state index in [-0.39, 0.29) is 6.04 Å². The molecule has 0 spiro atoms. The third-order valence-corrected chi connectivity index (χ3v) is 6.72. The molecule has 1 aromatic carbocycles. The van der Waals surface area contributed by atoms with Gasteiger partial charge in [-0.05, 0) is 66.1 Å². The number of rotatable bonds is 3. The van der Waals surface area contributed by atoms with Gasteiger partial charge in [-0.2, -0.15) is 0 Å². The van der Waals surface area contributed by atoms with E-state index in [1.54, 1.807) is 7.11 Å². The van der Waals surface area contributed by atoms with Crippen LogP contribution < -0.4 is 4.74 Å². The quantitative estimate of drug-likeness (QED) is 0.659. The lowest BCUT2D eigenvalue weighted by molar-refractivity contribution is -0.129. The van der Waals surface area contributed by atoms with E-state index in [1.807, 2.05) is 6.07 Å². The van der Waals surface area contributed by atoms with Crippen LogP contribution in [0.15, 0.2) is 27.9 Å². The molecule has 5 heteroatoms. The fourth-order valence-corrected chi connectivity index (χ4v) is 4.90. The molecule has 0 saturated carbocycles. The van der Waals surface area contributed by atoms with E-state index in [0.29, 0.717) is 18.2 Å². The highest BCUT2D eigenvalue weighted by atomic mass is 127. The molecule has 0 unspecified atom stereocenters. The predicted octanol–water partition coefficient (Wildman–Crippen LogP) is 4.16. The molecular weight excluding hydrogens is 427 g/mol. The number of piperidine rings is 1. The minimum Gasteiger partial charge on any atom is -0.497 e. The number of fused-ring (bicyclic) bond motifs is 6. The Morgan fingerprint density at radius 2 is 2.20 bits per heavy atom. The number of carbonyl (C=O) groups is 1. The molecule has 0 aliphatic carbocycles. The van der Waals surface area contributed by atoms with Crippen LogP contribution in [0.3, 0.4) is 0 Å². The number of aryl methyl sites for hydroxylation is 1.